The third kappa shape index (κ3) is 5.77. The molecule has 0 atom stereocenters. The second kappa shape index (κ2) is 9.53. The molecule has 2 aromatic carbocycles. The highest BCUT2D eigenvalue weighted by molar-refractivity contribution is 6.30. The first kappa shape index (κ1) is 22.2. The summed E-state index contributed by atoms with van der Waals surface area (Å²) in [6, 6.07) is 11.0. The van der Waals surface area contributed by atoms with Crippen molar-refractivity contribution in [3.05, 3.63) is 69.8 Å². The van der Waals surface area contributed by atoms with Crippen LogP contribution in [-0.2, 0) is 22.1 Å². The third-order valence-corrected chi connectivity index (χ3v) is 5.05. The number of benzene rings is 2. The highest BCUT2D eigenvalue weighted by Crippen LogP contribution is 2.35. The number of alkyl halides is 3. The number of ether oxygens (including phenoxy) is 2. The largest absolute Gasteiger partial charge is 0.489 e. The van der Waals surface area contributed by atoms with Crippen molar-refractivity contribution in [2.45, 2.75) is 25.4 Å². The van der Waals surface area contributed by atoms with Crippen molar-refractivity contribution in [2.75, 3.05) is 19.8 Å². The molecule has 0 aromatic heterocycles. The molecular weight excluding hydrogens is 421 g/mol. The molecule has 0 aliphatic carbocycles. The van der Waals surface area contributed by atoms with E-state index in [2.05, 4.69) is 0 Å². The van der Waals surface area contributed by atoms with Crippen LogP contribution in [0, 0.1) is 0 Å². The van der Waals surface area contributed by atoms with Crippen molar-refractivity contribution in [1.82, 2.24) is 0 Å². The number of hydrogen-bond acceptors (Lipinski definition) is 3. The monoisotopic (exact) mass is 440 g/mol. The maximum Gasteiger partial charge on any atom is 0.416 e. The quantitative estimate of drug-likeness (QED) is 0.606. The van der Waals surface area contributed by atoms with Gasteiger partial charge in [0.05, 0.1) is 18.8 Å². The lowest BCUT2D eigenvalue weighted by molar-refractivity contribution is -0.140. The normalized spacial score (nSPS) is 14.7. The Morgan fingerprint density at radius 2 is 1.90 bits per heavy atom. The van der Waals surface area contributed by atoms with Crippen LogP contribution in [0.3, 0.4) is 0 Å². The number of aryl methyl sites for hydroxylation is 1. The molecule has 0 fully saturated rings. The van der Waals surface area contributed by atoms with Crippen LogP contribution in [0.2, 0.25) is 5.02 Å². The summed E-state index contributed by atoms with van der Waals surface area (Å²) in [7, 11) is 0. The van der Waals surface area contributed by atoms with Gasteiger partial charge in [0.2, 0.25) is 0 Å². The van der Waals surface area contributed by atoms with Crippen LogP contribution in [0.1, 0.15) is 29.5 Å². The van der Waals surface area contributed by atoms with E-state index in [1.807, 2.05) is 12.1 Å². The number of carbonyl (C=O) groups is 1. The van der Waals surface area contributed by atoms with Crippen LogP contribution in [0.5, 0.6) is 5.75 Å². The molecular formula is C22H20ClF3O4. The van der Waals surface area contributed by atoms with E-state index in [1.165, 1.54) is 12.1 Å². The summed E-state index contributed by atoms with van der Waals surface area (Å²) in [4.78, 5) is 10.7. The summed E-state index contributed by atoms with van der Waals surface area (Å²) in [5.74, 6) is -1.09. The van der Waals surface area contributed by atoms with Crippen LogP contribution >= 0.6 is 11.6 Å². The number of hydrogen-bond donors (Lipinski definition) is 1. The molecule has 2 aromatic rings. The number of halogens is 4. The number of carboxylic acid groups (broad SMARTS) is 1. The molecule has 160 valence electrons. The summed E-state index contributed by atoms with van der Waals surface area (Å²) in [5, 5.41) is 9.37. The van der Waals surface area contributed by atoms with Crippen LogP contribution in [0.15, 0.2) is 48.0 Å². The minimum Gasteiger partial charge on any atom is -0.489 e. The van der Waals surface area contributed by atoms with E-state index in [4.69, 9.17) is 26.2 Å². The Balaban J connectivity index is 1.81. The third-order valence-electron chi connectivity index (χ3n) is 4.80. The first-order valence-electron chi connectivity index (χ1n) is 9.33. The smallest absolute Gasteiger partial charge is 0.416 e. The Kier molecular flexibility index (Phi) is 7.05. The topological polar surface area (TPSA) is 55.8 Å². The van der Waals surface area contributed by atoms with Crippen molar-refractivity contribution < 1.29 is 32.5 Å². The Bertz CT molecular complexity index is 936. The molecule has 1 heterocycles. The van der Waals surface area contributed by atoms with E-state index < -0.39 is 17.7 Å². The fourth-order valence-electron chi connectivity index (χ4n) is 3.30. The molecule has 1 N–H and O–H groups in total. The molecule has 0 unspecified atom stereocenters. The highest BCUT2D eigenvalue weighted by atomic mass is 35.5. The zero-order chi connectivity index (χ0) is 21.7. The number of rotatable bonds is 7. The fourth-order valence-corrected chi connectivity index (χ4v) is 3.43. The van der Waals surface area contributed by atoms with Crippen molar-refractivity contribution in [2.24, 2.45) is 0 Å². The Labute approximate surface area is 176 Å². The summed E-state index contributed by atoms with van der Waals surface area (Å²) < 4.78 is 51.4. The van der Waals surface area contributed by atoms with Crippen LogP contribution in [0.4, 0.5) is 13.2 Å². The molecule has 0 amide bonds. The highest BCUT2D eigenvalue weighted by Gasteiger charge is 2.33. The molecule has 3 rings (SSSR count). The average molecular weight is 441 g/mol. The van der Waals surface area contributed by atoms with E-state index in [9.17, 15) is 18.0 Å². The second-order valence-electron chi connectivity index (χ2n) is 6.89. The van der Waals surface area contributed by atoms with Gasteiger partial charge in [-0.15, -0.1) is 0 Å². The van der Waals surface area contributed by atoms with Gasteiger partial charge < -0.3 is 14.6 Å². The first-order valence-corrected chi connectivity index (χ1v) is 9.71. The van der Waals surface area contributed by atoms with Gasteiger partial charge in [-0.05, 0) is 59.4 Å². The van der Waals surface area contributed by atoms with E-state index in [0.29, 0.717) is 24.7 Å². The van der Waals surface area contributed by atoms with Gasteiger partial charge in [-0.25, -0.2) is 0 Å². The van der Waals surface area contributed by atoms with Crippen LogP contribution < -0.4 is 4.74 Å². The van der Waals surface area contributed by atoms with Gasteiger partial charge in [0.15, 0.2) is 0 Å². The van der Waals surface area contributed by atoms with Crippen LogP contribution in [0.25, 0.3) is 5.57 Å². The molecule has 4 nitrogen and oxygen atoms in total. The lowest BCUT2D eigenvalue weighted by Crippen LogP contribution is -2.17. The van der Waals surface area contributed by atoms with E-state index in [1.54, 1.807) is 12.1 Å². The van der Waals surface area contributed by atoms with E-state index >= 15 is 0 Å². The molecule has 0 saturated carbocycles. The standard InChI is InChI=1S/C22H20ClF3O4/c23-17-5-1-14(2-6-17)19-9-10-29-12-16(19)13-30-18-7-3-15(4-8-21(27)28)20(11-18)22(24,25)26/h1-3,5-7,11H,4,8-10,12-13H2,(H,27,28). The molecule has 0 spiro atoms. The SMILES string of the molecule is O=C(O)CCc1ccc(OCC2=C(c3ccc(Cl)cc3)CCOC2)cc1C(F)(F)F. The number of carboxylic acids is 1. The predicted molar refractivity (Wildman–Crippen MR) is 107 cm³/mol. The summed E-state index contributed by atoms with van der Waals surface area (Å²) in [6.45, 7) is 0.975. The van der Waals surface area contributed by atoms with Gasteiger partial charge in [0, 0.05) is 11.4 Å². The van der Waals surface area contributed by atoms with Gasteiger partial charge in [-0.2, -0.15) is 13.2 Å². The van der Waals surface area contributed by atoms with Gasteiger partial charge in [-0.3, -0.25) is 4.79 Å². The van der Waals surface area contributed by atoms with Gasteiger partial charge in [0.25, 0.3) is 0 Å². The molecule has 0 radical (unpaired) electrons. The zero-order valence-corrected chi connectivity index (χ0v) is 16.7. The fraction of sp³-hybridized carbons (Fsp3) is 0.318. The molecule has 0 saturated heterocycles. The van der Waals surface area contributed by atoms with Crippen LogP contribution in [-0.4, -0.2) is 30.9 Å². The van der Waals surface area contributed by atoms with E-state index in [0.717, 1.165) is 22.8 Å². The lowest BCUT2D eigenvalue weighted by Gasteiger charge is -2.22. The first-order chi connectivity index (χ1) is 14.2. The minimum atomic E-state index is -4.60. The maximum absolute atomic E-state index is 13.4. The molecule has 30 heavy (non-hydrogen) atoms. The zero-order valence-electron chi connectivity index (χ0n) is 16.0. The molecule has 1 aliphatic rings. The summed E-state index contributed by atoms with van der Waals surface area (Å²) in [6.07, 6.45) is -4.51. The Morgan fingerprint density at radius 1 is 1.17 bits per heavy atom. The van der Waals surface area contributed by atoms with E-state index in [-0.39, 0.29) is 30.8 Å². The second-order valence-corrected chi connectivity index (χ2v) is 7.33. The van der Waals surface area contributed by atoms with Crippen molar-refractivity contribution in [1.29, 1.82) is 0 Å². The minimum absolute atomic E-state index is 0.0647. The summed E-state index contributed by atoms with van der Waals surface area (Å²) in [5.41, 5.74) is 1.91. The number of aliphatic carboxylic acids is 1. The average Bonchev–Trinajstić information content (AvgIpc) is 2.71. The molecule has 8 heteroatoms. The van der Waals surface area contributed by atoms with Crippen molar-refractivity contribution in [3.8, 4) is 5.75 Å². The maximum atomic E-state index is 13.4. The van der Waals surface area contributed by atoms with Gasteiger partial charge in [0.1, 0.15) is 12.4 Å². The summed E-state index contributed by atoms with van der Waals surface area (Å²) >= 11 is 5.94. The van der Waals surface area contributed by atoms with Crippen molar-refractivity contribution >= 4 is 23.1 Å². The van der Waals surface area contributed by atoms with Crippen molar-refractivity contribution in [3.63, 3.8) is 0 Å². The predicted octanol–water partition coefficient (Wildman–Crippen LogP) is 5.63. The lowest BCUT2D eigenvalue weighted by atomic mass is 9.96. The van der Waals surface area contributed by atoms with Gasteiger partial charge >= 0.3 is 12.1 Å². The Morgan fingerprint density at radius 3 is 2.57 bits per heavy atom. The van der Waals surface area contributed by atoms with Gasteiger partial charge in [-0.1, -0.05) is 29.8 Å². The Hall–Kier alpha value is -2.51. The molecule has 0 bridgehead atoms. The molecule has 1 aliphatic heterocycles.